The van der Waals surface area contributed by atoms with Crippen LogP contribution in [0, 0.1) is 11.6 Å². The molecule has 0 radical (unpaired) electrons. The molecule has 2 unspecified atom stereocenters. The Labute approximate surface area is 105 Å². The molecule has 2 atom stereocenters. The predicted octanol–water partition coefficient (Wildman–Crippen LogP) is 3.12. The van der Waals surface area contributed by atoms with Crippen molar-refractivity contribution in [1.29, 1.82) is 0 Å². The number of thioether (sulfide) groups is 1. The minimum Gasteiger partial charge on any atom is -0.326 e. The van der Waals surface area contributed by atoms with Crippen molar-refractivity contribution in [2.45, 2.75) is 37.0 Å². The van der Waals surface area contributed by atoms with Gasteiger partial charge < -0.3 is 5.73 Å². The second-order valence-corrected chi connectivity index (χ2v) is 6.42. The molecule has 17 heavy (non-hydrogen) atoms. The van der Waals surface area contributed by atoms with Crippen molar-refractivity contribution in [2.75, 3.05) is 5.75 Å². The molecule has 0 spiro atoms. The van der Waals surface area contributed by atoms with E-state index in [1.54, 1.807) is 6.07 Å². The molecule has 4 heteroatoms. The summed E-state index contributed by atoms with van der Waals surface area (Å²) in [5.74, 6) is -0.441. The highest BCUT2D eigenvalue weighted by atomic mass is 32.2. The second-order valence-electron chi connectivity index (χ2n) is 4.79. The van der Waals surface area contributed by atoms with Gasteiger partial charge in [0.2, 0.25) is 0 Å². The van der Waals surface area contributed by atoms with Gasteiger partial charge in [-0.3, -0.25) is 0 Å². The van der Waals surface area contributed by atoms with E-state index in [9.17, 15) is 8.78 Å². The Morgan fingerprint density at radius 3 is 2.88 bits per heavy atom. The molecule has 1 aromatic rings. The van der Waals surface area contributed by atoms with Crippen LogP contribution in [0.25, 0.3) is 0 Å². The lowest BCUT2D eigenvalue weighted by Crippen LogP contribution is -2.43. The topological polar surface area (TPSA) is 26.0 Å². The van der Waals surface area contributed by atoms with Crippen molar-refractivity contribution in [1.82, 2.24) is 0 Å². The average molecular weight is 257 g/mol. The number of rotatable bonds is 3. The molecule has 1 heterocycles. The number of benzene rings is 1. The van der Waals surface area contributed by atoms with E-state index in [1.807, 2.05) is 11.8 Å². The first-order valence-corrected chi connectivity index (χ1v) is 6.84. The zero-order valence-electron chi connectivity index (χ0n) is 9.88. The van der Waals surface area contributed by atoms with Gasteiger partial charge in [0.1, 0.15) is 0 Å². The fourth-order valence-corrected chi connectivity index (χ4v) is 3.59. The van der Waals surface area contributed by atoms with Crippen molar-refractivity contribution in [3.63, 3.8) is 0 Å². The van der Waals surface area contributed by atoms with Crippen LogP contribution in [0.2, 0.25) is 0 Å². The van der Waals surface area contributed by atoms with Gasteiger partial charge in [-0.1, -0.05) is 12.1 Å². The normalized spacial score (nSPS) is 26.1. The van der Waals surface area contributed by atoms with Gasteiger partial charge in [0, 0.05) is 10.8 Å². The lowest BCUT2D eigenvalue weighted by molar-refractivity contribution is 0.458. The molecule has 0 saturated carbocycles. The van der Waals surface area contributed by atoms with E-state index in [4.69, 9.17) is 5.73 Å². The molecule has 1 aliphatic rings. The Morgan fingerprint density at radius 1 is 1.47 bits per heavy atom. The molecule has 2 rings (SSSR count). The molecule has 0 bridgehead atoms. The Kier molecular flexibility index (Phi) is 3.73. The lowest BCUT2D eigenvalue weighted by Gasteiger charge is -2.30. The summed E-state index contributed by atoms with van der Waals surface area (Å²) in [6.07, 6.45) is 2.60. The summed E-state index contributed by atoms with van der Waals surface area (Å²) >= 11 is 1.84. The first-order valence-electron chi connectivity index (χ1n) is 5.85. The van der Waals surface area contributed by atoms with Crippen molar-refractivity contribution < 1.29 is 8.78 Å². The molecular formula is C13H17F2NS. The van der Waals surface area contributed by atoms with Crippen LogP contribution in [-0.2, 0) is 6.42 Å². The molecule has 1 aromatic carbocycles. The van der Waals surface area contributed by atoms with Gasteiger partial charge in [-0.2, -0.15) is 11.8 Å². The minimum atomic E-state index is -0.793. The van der Waals surface area contributed by atoms with Gasteiger partial charge >= 0.3 is 0 Å². The standard InChI is InChI=1S/C13H17F2NS/c1-13(6-3-7-17-13)11(16)8-9-4-2-5-10(14)12(9)15/h2,4-5,11H,3,6-8,16H2,1H3. The third kappa shape index (κ3) is 2.63. The lowest BCUT2D eigenvalue weighted by atomic mass is 9.91. The highest BCUT2D eigenvalue weighted by Gasteiger charge is 2.36. The first-order chi connectivity index (χ1) is 8.03. The number of halogens is 2. The molecule has 0 aromatic heterocycles. The minimum absolute atomic E-state index is 0.00123. The maximum absolute atomic E-state index is 13.5. The Morgan fingerprint density at radius 2 is 2.24 bits per heavy atom. The van der Waals surface area contributed by atoms with Crippen LogP contribution in [-0.4, -0.2) is 16.5 Å². The van der Waals surface area contributed by atoms with Gasteiger partial charge in [-0.15, -0.1) is 0 Å². The molecular weight excluding hydrogens is 240 g/mol. The van der Waals surface area contributed by atoms with E-state index in [-0.39, 0.29) is 10.8 Å². The third-order valence-electron chi connectivity index (χ3n) is 3.51. The molecule has 0 aliphatic carbocycles. The highest BCUT2D eigenvalue weighted by Crippen LogP contribution is 2.40. The summed E-state index contributed by atoms with van der Waals surface area (Å²) in [7, 11) is 0. The van der Waals surface area contributed by atoms with E-state index < -0.39 is 11.6 Å². The third-order valence-corrected chi connectivity index (χ3v) is 5.16. The van der Waals surface area contributed by atoms with Crippen molar-refractivity contribution >= 4 is 11.8 Å². The van der Waals surface area contributed by atoms with Crippen LogP contribution in [0.15, 0.2) is 18.2 Å². The number of nitrogens with two attached hydrogens (primary N) is 1. The van der Waals surface area contributed by atoms with Crippen LogP contribution in [0.5, 0.6) is 0 Å². The van der Waals surface area contributed by atoms with Crippen molar-refractivity contribution in [3.05, 3.63) is 35.4 Å². The number of hydrogen-bond donors (Lipinski definition) is 1. The molecule has 2 N–H and O–H groups in total. The van der Waals surface area contributed by atoms with Crippen LogP contribution < -0.4 is 5.73 Å². The van der Waals surface area contributed by atoms with Gasteiger partial charge in [-0.25, -0.2) is 8.78 Å². The van der Waals surface area contributed by atoms with Gasteiger partial charge in [0.05, 0.1) is 0 Å². The average Bonchev–Trinajstić information content (AvgIpc) is 2.73. The van der Waals surface area contributed by atoms with Gasteiger partial charge in [0.25, 0.3) is 0 Å². The summed E-state index contributed by atoms with van der Waals surface area (Å²) in [6.45, 7) is 2.12. The van der Waals surface area contributed by atoms with Crippen molar-refractivity contribution in [2.24, 2.45) is 5.73 Å². The molecule has 1 aliphatic heterocycles. The van der Waals surface area contributed by atoms with E-state index in [0.29, 0.717) is 12.0 Å². The highest BCUT2D eigenvalue weighted by molar-refractivity contribution is 8.00. The molecule has 1 saturated heterocycles. The summed E-state index contributed by atoms with van der Waals surface area (Å²) in [4.78, 5) is 0. The largest absolute Gasteiger partial charge is 0.326 e. The fraction of sp³-hybridized carbons (Fsp3) is 0.538. The Balaban J connectivity index is 2.12. The molecule has 1 fully saturated rings. The van der Waals surface area contributed by atoms with E-state index in [2.05, 4.69) is 6.92 Å². The quantitative estimate of drug-likeness (QED) is 0.900. The zero-order valence-corrected chi connectivity index (χ0v) is 10.7. The van der Waals surface area contributed by atoms with Crippen LogP contribution in [0.4, 0.5) is 8.78 Å². The maximum Gasteiger partial charge on any atom is 0.162 e. The summed E-state index contributed by atoms with van der Waals surface area (Å²) in [5.41, 5.74) is 6.54. The summed E-state index contributed by atoms with van der Waals surface area (Å²) in [6, 6.07) is 4.15. The monoisotopic (exact) mass is 257 g/mol. The van der Waals surface area contributed by atoms with Crippen LogP contribution in [0.1, 0.15) is 25.3 Å². The Hall–Kier alpha value is -0.610. The smallest absolute Gasteiger partial charge is 0.162 e. The maximum atomic E-state index is 13.5. The molecule has 0 amide bonds. The first kappa shape index (κ1) is 12.8. The fourth-order valence-electron chi connectivity index (χ4n) is 2.25. The Bertz CT molecular complexity index is 402. The van der Waals surface area contributed by atoms with Gasteiger partial charge in [-0.05, 0) is 43.6 Å². The zero-order chi connectivity index (χ0) is 12.5. The van der Waals surface area contributed by atoms with E-state index in [0.717, 1.165) is 24.7 Å². The predicted molar refractivity (Wildman–Crippen MR) is 68.1 cm³/mol. The molecule has 1 nitrogen and oxygen atoms in total. The second kappa shape index (κ2) is 4.94. The molecule has 94 valence electrons. The SMILES string of the molecule is CC1(C(N)Cc2cccc(F)c2F)CCCS1. The number of hydrogen-bond acceptors (Lipinski definition) is 2. The van der Waals surface area contributed by atoms with E-state index in [1.165, 1.54) is 6.07 Å². The van der Waals surface area contributed by atoms with Crippen LogP contribution >= 0.6 is 11.8 Å². The summed E-state index contributed by atoms with van der Waals surface area (Å²) < 4.78 is 26.6. The van der Waals surface area contributed by atoms with Gasteiger partial charge in [0.15, 0.2) is 11.6 Å². The van der Waals surface area contributed by atoms with Crippen LogP contribution in [0.3, 0.4) is 0 Å². The summed E-state index contributed by atoms with van der Waals surface area (Å²) in [5, 5.41) is 0. The van der Waals surface area contributed by atoms with E-state index >= 15 is 0 Å². The van der Waals surface area contributed by atoms with Crippen molar-refractivity contribution in [3.8, 4) is 0 Å².